The molecule has 2 aliphatic rings. The van der Waals surface area contributed by atoms with E-state index in [0.29, 0.717) is 19.6 Å². The standard InChI is InChI=1S/C20H26O4.C9H9N3O.CH4O/c1-4-24-14-16-12-18(22-2)20(19(13-16)23-3)17-9-7-15(8-10-17)6-5-11-21;10-7-5-3-1-2-4-6(5)12-8(7)9(11)13;1-2/h7-12,19H,4-6,13-14H2,1-3H3;1-4,7H,10H2,(H2,11,13);2H,1H3. The van der Waals surface area contributed by atoms with Crippen LogP contribution in [0.25, 0.3) is 5.57 Å². The number of allylic oxidation sites excluding steroid dienone is 1. The lowest BCUT2D eigenvalue weighted by Gasteiger charge is -2.27. The second-order valence-corrected chi connectivity index (χ2v) is 8.65. The van der Waals surface area contributed by atoms with Gasteiger partial charge in [0.1, 0.15) is 17.8 Å². The number of aliphatic imine (C=N–C) groups is 1. The monoisotopic (exact) mass is 537 g/mol. The van der Waals surface area contributed by atoms with E-state index in [1.54, 1.807) is 14.2 Å². The number of benzene rings is 2. The zero-order chi connectivity index (χ0) is 28.8. The Kier molecular flexibility index (Phi) is 13.2. The molecule has 0 saturated heterocycles. The third kappa shape index (κ3) is 8.43. The summed E-state index contributed by atoms with van der Waals surface area (Å²) in [5.41, 5.74) is 17.2. The van der Waals surface area contributed by atoms with Crippen LogP contribution in [0.2, 0.25) is 0 Å². The minimum Gasteiger partial charge on any atom is -0.496 e. The molecule has 1 amide bonds. The van der Waals surface area contributed by atoms with E-state index in [-0.39, 0.29) is 11.8 Å². The summed E-state index contributed by atoms with van der Waals surface area (Å²) >= 11 is 0. The maximum Gasteiger partial charge on any atom is 0.265 e. The second-order valence-electron chi connectivity index (χ2n) is 8.65. The predicted molar refractivity (Wildman–Crippen MR) is 153 cm³/mol. The Balaban J connectivity index is 0.000000298. The molecule has 9 heteroatoms. The van der Waals surface area contributed by atoms with Crippen LogP contribution in [0, 0.1) is 0 Å². The lowest BCUT2D eigenvalue weighted by atomic mass is 9.89. The van der Waals surface area contributed by atoms with Gasteiger partial charge in [-0.05, 0) is 42.2 Å². The number of nitrogens with two attached hydrogens (primary N) is 2. The number of methoxy groups -OCH3 is 2. The highest BCUT2D eigenvalue weighted by molar-refractivity contribution is 6.41. The van der Waals surface area contributed by atoms with E-state index >= 15 is 0 Å². The number of para-hydroxylation sites is 1. The predicted octanol–water partition coefficient (Wildman–Crippen LogP) is 3.42. The Labute approximate surface area is 230 Å². The summed E-state index contributed by atoms with van der Waals surface area (Å²) in [4.78, 5) is 25.4. The summed E-state index contributed by atoms with van der Waals surface area (Å²) < 4.78 is 16.9. The van der Waals surface area contributed by atoms with Crippen molar-refractivity contribution in [3.63, 3.8) is 0 Å². The SMILES string of the molecule is CCOCC1=CC(OC)=C(c2ccc(CCC=O)cc2)C(OC)C1.CO.NC(=O)C1=Nc2ccccc2C1N. The van der Waals surface area contributed by atoms with E-state index in [2.05, 4.69) is 35.3 Å². The normalized spacial score (nSPS) is 17.5. The molecular weight excluding hydrogens is 498 g/mol. The van der Waals surface area contributed by atoms with Crippen molar-refractivity contribution in [3.05, 3.63) is 82.6 Å². The number of amides is 1. The quantitative estimate of drug-likeness (QED) is 0.394. The number of fused-ring (bicyclic) bond motifs is 1. The number of ether oxygens (including phenoxy) is 3. The number of aryl methyl sites for hydroxylation is 1. The maximum absolute atomic E-state index is 10.9. The van der Waals surface area contributed by atoms with E-state index in [9.17, 15) is 9.59 Å². The number of aldehydes is 1. The van der Waals surface area contributed by atoms with E-state index in [1.165, 1.54) is 5.57 Å². The average Bonchev–Trinajstić information content (AvgIpc) is 3.32. The van der Waals surface area contributed by atoms with Crippen LogP contribution in [0.5, 0.6) is 0 Å². The first-order valence-corrected chi connectivity index (χ1v) is 12.7. The zero-order valence-electron chi connectivity index (χ0n) is 23.1. The first-order chi connectivity index (χ1) is 18.9. The summed E-state index contributed by atoms with van der Waals surface area (Å²) in [5, 5.41) is 7.00. The lowest BCUT2D eigenvalue weighted by molar-refractivity contribution is -0.112. The second kappa shape index (κ2) is 16.4. The number of primary amides is 1. The Morgan fingerprint density at radius 1 is 1.13 bits per heavy atom. The van der Waals surface area contributed by atoms with Gasteiger partial charge in [0.05, 0.1) is 31.5 Å². The molecule has 2 aromatic carbocycles. The number of hydrogen-bond acceptors (Lipinski definition) is 8. The molecule has 0 spiro atoms. The Bertz CT molecular complexity index is 1190. The molecule has 0 saturated carbocycles. The summed E-state index contributed by atoms with van der Waals surface area (Å²) in [6.45, 7) is 3.28. The van der Waals surface area contributed by atoms with E-state index in [1.807, 2.05) is 31.2 Å². The van der Waals surface area contributed by atoms with Gasteiger partial charge in [0.15, 0.2) is 0 Å². The molecule has 0 bridgehead atoms. The van der Waals surface area contributed by atoms with Crippen molar-refractivity contribution >= 4 is 29.2 Å². The van der Waals surface area contributed by atoms with Gasteiger partial charge in [-0.15, -0.1) is 0 Å². The van der Waals surface area contributed by atoms with Crippen molar-refractivity contribution in [2.75, 3.05) is 34.5 Å². The Hall–Kier alpha value is -3.63. The summed E-state index contributed by atoms with van der Waals surface area (Å²) in [5.74, 6) is 0.271. The fourth-order valence-electron chi connectivity index (χ4n) is 4.34. The highest BCUT2D eigenvalue weighted by Gasteiger charge is 2.27. The van der Waals surface area contributed by atoms with Crippen molar-refractivity contribution in [2.45, 2.75) is 38.3 Å². The molecule has 39 heavy (non-hydrogen) atoms. The van der Waals surface area contributed by atoms with Gasteiger partial charge in [-0.2, -0.15) is 0 Å². The van der Waals surface area contributed by atoms with Crippen molar-refractivity contribution in [1.29, 1.82) is 0 Å². The van der Waals surface area contributed by atoms with Gasteiger partial charge < -0.3 is 35.6 Å². The third-order valence-electron chi connectivity index (χ3n) is 6.24. The lowest BCUT2D eigenvalue weighted by Crippen LogP contribution is -2.31. The minimum absolute atomic E-state index is 0.0544. The summed E-state index contributed by atoms with van der Waals surface area (Å²) in [6, 6.07) is 15.2. The fraction of sp³-hybridized carbons (Fsp3) is 0.367. The molecule has 2 aromatic rings. The van der Waals surface area contributed by atoms with E-state index in [0.717, 1.165) is 59.9 Å². The highest BCUT2D eigenvalue weighted by Crippen LogP contribution is 2.34. The van der Waals surface area contributed by atoms with Crippen molar-refractivity contribution < 1.29 is 28.9 Å². The molecule has 5 N–H and O–H groups in total. The van der Waals surface area contributed by atoms with Crippen LogP contribution >= 0.6 is 0 Å². The topological polar surface area (TPSA) is 146 Å². The molecule has 1 aliphatic heterocycles. The van der Waals surface area contributed by atoms with Crippen LogP contribution < -0.4 is 11.5 Å². The first-order valence-electron chi connectivity index (χ1n) is 12.7. The zero-order valence-corrected chi connectivity index (χ0v) is 23.1. The van der Waals surface area contributed by atoms with Crippen LogP contribution in [-0.4, -0.2) is 63.7 Å². The third-order valence-corrected chi connectivity index (χ3v) is 6.24. The summed E-state index contributed by atoms with van der Waals surface area (Å²) in [6.07, 6.45) is 5.07. The van der Waals surface area contributed by atoms with Crippen LogP contribution in [0.1, 0.15) is 42.5 Å². The number of aliphatic hydroxyl groups is 1. The number of hydrogen-bond donors (Lipinski definition) is 3. The van der Waals surface area contributed by atoms with Gasteiger partial charge in [0, 0.05) is 44.8 Å². The van der Waals surface area contributed by atoms with E-state index in [4.69, 9.17) is 30.8 Å². The minimum atomic E-state index is -0.552. The van der Waals surface area contributed by atoms with Crippen molar-refractivity contribution in [1.82, 2.24) is 0 Å². The molecule has 2 atom stereocenters. The fourth-order valence-corrected chi connectivity index (χ4v) is 4.34. The van der Waals surface area contributed by atoms with Crippen molar-refractivity contribution in [3.8, 4) is 0 Å². The molecular formula is C30H39N3O6. The first kappa shape index (κ1) is 31.6. The molecule has 1 aliphatic carbocycles. The molecule has 0 fully saturated rings. The van der Waals surface area contributed by atoms with Gasteiger partial charge in [0.2, 0.25) is 0 Å². The number of aliphatic hydroxyl groups excluding tert-OH is 1. The van der Waals surface area contributed by atoms with Crippen molar-refractivity contribution in [2.24, 2.45) is 16.5 Å². The maximum atomic E-state index is 10.9. The van der Waals surface area contributed by atoms with Gasteiger partial charge in [-0.3, -0.25) is 4.79 Å². The molecule has 2 unspecified atom stereocenters. The number of carbonyl (C=O) groups excluding carboxylic acids is 2. The van der Waals surface area contributed by atoms with Gasteiger partial charge >= 0.3 is 0 Å². The van der Waals surface area contributed by atoms with Crippen LogP contribution in [-0.2, 0) is 30.2 Å². The molecule has 210 valence electrons. The highest BCUT2D eigenvalue weighted by atomic mass is 16.5. The van der Waals surface area contributed by atoms with Gasteiger partial charge in [0.25, 0.3) is 5.91 Å². The van der Waals surface area contributed by atoms with Crippen LogP contribution in [0.4, 0.5) is 5.69 Å². The van der Waals surface area contributed by atoms with Crippen LogP contribution in [0.15, 0.2) is 70.9 Å². The smallest absolute Gasteiger partial charge is 0.265 e. The van der Waals surface area contributed by atoms with Gasteiger partial charge in [-0.1, -0.05) is 42.5 Å². The summed E-state index contributed by atoms with van der Waals surface area (Å²) in [7, 11) is 4.40. The Morgan fingerprint density at radius 3 is 2.38 bits per heavy atom. The largest absolute Gasteiger partial charge is 0.496 e. The average molecular weight is 538 g/mol. The molecule has 0 aromatic heterocycles. The Morgan fingerprint density at radius 2 is 1.82 bits per heavy atom. The number of rotatable bonds is 10. The molecule has 0 radical (unpaired) electrons. The number of nitrogens with zero attached hydrogens (tertiary/aromatic N) is 1. The molecule has 4 rings (SSSR count). The van der Waals surface area contributed by atoms with Crippen LogP contribution in [0.3, 0.4) is 0 Å². The molecule has 1 heterocycles. The van der Waals surface area contributed by atoms with E-state index < -0.39 is 11.9 Å². The number of carbonyl (C=O) groups is 2. The van der Waals surface area contributed by atoms with Gasteiger partial charge in [-0.25, -0.2) is 4.99 Å². The molecule has 9 nitrogen and oxygen atoms in total.